The molecule has 18 heavy (non-hydrogen) atoms. The van der Waals surface area contributed by atoms with Gasteiger partial charge in [0.15, 0.2) is 0 Å². The standard InChI is InChI=1S/C15H17ClOS/c1-15(2,3)12-6-4-5-7-13(12)17-10-11-8-9-14(16)18-11/h4-9H,10H2,1-3H3. The molecular weight excluding hydrogens is 264 g/mol. The summed E-state index contributed by atoms with van der Waals surface area (Å²) in [7, 11) is 0. The van der Waals surface area contributed by atoms with Crippen molar-refractivity contribution in [1.29, 1.82) is 0 Å². The molecular formula is C15H17ClOS. The molecule has 0 N–H and O–H groups in total. The Labute approximate surface area is 117 Å². The lowest BCUT2D eigenvalue weighted by atomic mass is 9.86. The van der Waals surface area contributed by atoms with Crippen LogP contribution >= 0.6 is 22.9 Å². The number of ether oxygens (including phenoxy) is 1. The van der Waals surface area contributed by atoms with E-state index in [9.17, 15) is 0 Å². The Morgan fingerprint density at radius 2 is 1.83 bits per heavy atom. The minimum Gasteiger partial charge on any atom is -0.488 e. The van der Waals surface area contributed by atoms with Gasteiger partial charge in [-0.1, -0.05) is 50.6 Å². The molecule has 0 aliphatic carbocycles. The molecule has 0 saturated carbocycles. The Balaban J connectivity index is 2.14. The van der Waals surface area contributed by atoms with Crippen LogP contribution in [-0.2, 0) is 12.0 Å². The zero-order valence-corrected chi connectivity index (χ0v) is 12.4. The smallest absolute Gasteiger partial charge is 0.123 e. The summed E-state index contributed by atoms with van der Waals surface area (Å²) in [6.45, 7) is 7.15. The summed E-state index contributed by atoms with van der Waals surface area (Å²) in [6, 6.07) is 12.1. The van der Waals surface area contributed by atoms with Crippen LogP contribution < -0.4 is 4.74 Å². The normalized spacial score (nSPS) is 11.6. The van der Waals surface area contributed by atoms with E-state index in [-0.39, 0.29) is 5.41 Å². The van der Waals surface area contributed by atoms with Gasteiger partial charge in [0, 0.05) is 4.88 Å². The first kappa shape index (κ1) is 13.4. The maximum atomic E-state index is 5.91. The Morgan fingerprint density at radius 3 is 2.44 bits per heavy atom. The lowest BCUT2D eigenvalue weighted by molar-refractivity contribution is 0.301. The van der Waals surface area contributed by atoms with E-state index in [4.69, 9.17) is 16.3 Å². The molecule has 0 bridgehead atoms. The zero-order chi connectivity index (χ0) is 13.2. The van der Waals surface area contributed by atoms with Crippen LogP contribution in [0.15, 0.2) is 36.4 Å². The van der Waals surface area contributed by atoms with Crippen molar-refractivity contribution in [3.05, 3.63) is 51.2 Å². The van der Waals surface area contributed by atoms with Crippen LogP contribution in [0.1, 0.15) is 31.2 Å². The molecule has 0 radical (unpaired) electrons. The van der Waals surface area contributed by atoms with Gasteiger partial charge in [0.05, 0.1) is 4.34 Å². The molecule has 0 aliphatic rings. The average molecular weight is 281 g/mol. The Hall–Kier alpha value is -0.990. The summed E-state index contributed by atoms with van der Waals surface area (Å²) in [5.41, 5.74) is 1.32. The monoisotopic (exact) mass is 280 g/mol. The second kappa shape index (κ2) is 5.33. The van der Waals surface area contributed by atoms with Gasteiger partial charge < -0.3 is 4.74 Å². The fourth-order valence-electron chi connectivity index (χ4n) is 1.79. The van der Waals surface area contributed by atoms with Gasteiger partial charge in [-0.25, -0.2) is 0 Å². The fraction of sp³-hybridized carbons (Fsp3) is 0.333. The molecule has 2 aromatic rings. The molecule has 1 aromatic carbocycles. The molecule has 0 atom stereocenters. The number of halogens is 1. The molecule has 0 saturated heterocycles. The van der Waals surface area contributed by atoms with Crippen molar-refractivity contribution in [1.82, 2.24) is 0 Å². The molecule has 3 heteroatoms. The third kappa shape index (κ3) is 3.27. The molecule has 0 unspecified atom stereocenters. The number of benzene rings is 1. The van der Waals surface area contributed by atoms with Crippen LogP contribution in [0.3, 0.4) is 0 Å². The molecule has 1 nitrogen and oxygen atoms in total. The minimum atomic E-state index is 0.0870. The fourth-order valence-corrected chi connectivity index (χ4v) is 2.79. The highest BCUT2D eigenvalue weighted by Gasteiger charge is 2.18. The Kier molecular flexibility index (Phi) is 3.98. The summed E-state index contributed by atoms with van der Waals surface area (Å²) < 4.78 is 6.72. The lowest BCUT2D eigenvalue weighted by Gasteiger charge is -2.22. The zero-order valence-electron chi connectivity index (χ0n) is 10.9. The van der Waals surface area contributed by atoms with Gasteiger partial charge in [-0.2, -0.15) is 0 Å². The van der Waals surface area contributed by atoms with Gasteiger partial charge in [-0.15, -0.1) is 11.3 Å². The van der Waals surface area contributed by atoms with E-state index in [1.54, 1.807) is 11.3 Å². The third-order valence-electron chi connectivity index (χ3n) is 2.69. The van der Waals surface area contributed by atoms with Gasteiger partial charge in [-0.3, -0.25) is 0 Å². The summed E-state index contributed by atoms with van der Waals surface area (Å²) >= 11 is 7.47. The maximum Gasteiger partial charge on any atom is 0.123 e. The van der Waals surface area contributed by atoms with E-state index in [2.05, 4.69) is 32.9 Å². The van der Waals surface area contributed by atoms with Crippen LogP contribution in [0.5, 0.6) is 5.75 Å². The molecule has 0 spiro atoms. The number of rotatable bonds is 3. The number of para-hydroxylation sites is 1. The molecule has 2 rings (SSSR count). The van der Waals surface area contributed by atoms with E-state index < -0.39 is 0 Å². The molecule has 1 aromatic heterocycles. The SMILES string of the molecule is CC(C)(C)c1ccccc1OCc1ccc(Cl)s1. The van der Waals surface area contributed by atoms with E-state index in [0.717, 1.165) is 15.0 Å². The first-order chi connectivity index (χ1) is 8.47. The number of hydrogen-bond acceptors (Lipinski definition) is 2. The number of hydrogen-bond donors (Lipinski definition) is 0. The van der Waals surface area contributed by atoms with E-state index >= 15 is 0 Å². The number of thiophene rings is 1. The topological polar surface area (TPSA) is 9.23 Å². The second-order valence-electron chi connectivity index (χ2n) is 5.24. The average Bonchev–Trinajstić information content (AvgIpc) is 2.72. The van der Waals surface area contributed by atoms with Crippen LogP contribution in [0.2, 0.25) is 4.34 Å². The first-order valence-corrected chi connectivity index (χ1v) is 7.13. The molecule has 1 heterocycles. The van der Waals surface area contributed by atoms with E-state index in [0.29, 0.717) is 6.61 Å². The molecule has 0 aliphatic heterocycles. The van der Waals surface area contributed by atoms with Crippen molar-refractivity contribution in [3.63, 3.8) is 0 Å². The summed E-state index contributed by atoms with van der Waals surface area (Å²) in [6.07, 6.45) is 0. The second-order valence-corrected chi connectivity index (χ2v) is 7.04. The van der Waals surface area contributed by atoms with Gasteiger partial charge in [-0.05, 0) is 29.2 Å². The third-order valence-corrected chi connectivity index (χ3v) is 3.90. The first-order valence-electron chi connectivity index (χ1n) is 5.93. The van der Waals surface area contributed by atoms with Crippen LogP contribution in [0, 0.1) is 0 Å². The van der Waals surface area contributed by atoms with Crippen LogP contribution in [0.25, 0.3) is 0 Å². The molecule has 96 valence electrons. The Bertz CT molecular complexity index is 525. The van der Waals surface area contributed by atoms with Crippen molar-refractivity contribution in [2.24, 2.45) is 0 Å². The summed E-state index contributed by atoms with van der Waals surface area (Å²) in [4.78, 5) is 1.14. The quantitative estimate of drug-likeness (QED) is 0.743. The largest absolute Gasteiger partial charge is 0.488 e. The van der Waals surface area contributed by atoms with E-state index in [1.807, 2.05) is 24.3 Å². The van der Waals surface area contributed by atoms with E-state index in [1.165, 1.54) is 5.56 Å². The summed E-state index contributed by atoms with van der Waals surface area (Å²) in [5.74, 6) is 0.953. The van der Waals surface area contributed by atoms with Gasteiger partial charge in [0.2, 0.25) is 0 Å². The highest BCUT2D eigenvalue weighted by atomic mass is 35.5. The van der Waals surface area contributed by atoms with Gasteiger partial charge >= 0.3 is 0 Å². The van der Waals surface area contributed by atoms with Crippen molar-refractivity contribution in [2.45, 2.75) is 32.8 Å². The summed E-state index contributed by atoms with van der Waals surface area (Å²) in [5, 5.41) is 0. The molecule has 0 fully saturated rings. The van der Waals surface area contributed by atoms with Crippen molar-refractivity contribution in [2.75, 3.05) is 0 Å². The predicted molar refractivity (Wildman–Crippen MR) is 78.8 cm³/mol. The Morgan fingerprint density at radius 1 is 1.11 bits per heavy atom. The van der Waals surface area contributed by atoms with Crippen LogP contribution in [0.4, 0.5) is 0 Å². The maximum absolute atomic E-state index is 5.91. The minimum absolute atomic E-state index is 0.0870. The highest BCUT2D eigenvalue weighted by Crippen LogP contribution is 2.32. The van der Waals surface area contributed by atoms with Crippen molar-refractivity contribution in [3.8, 4) is 5.75 Å². The lowest BCUT2D eigenvalue weighted by Crippen LogP contribution is -2.13. The van der Waals surface area contributed by atoms with Crippen molar-refractivity contribution >= 4 is 22.9 Å². The van der Waals surface area contributed by atoms with Gasteiger partial charge in [0.1, 0.15) is 12.4 Å². The van der Waals surface area contributed by atoms with Crippen LogP contribution in [-0.4, -0.2) is 0 Å². The van der Waals surface area contributed by atoms with Gasteiger partial charge in [0.25, 0.3) is 0 Å². The molecule has 0 amide bonds. The van der Waals surface area contributed by atoms with Crippen molar-refractivity contribution < 1.29 is 4.74 Å². The predicted octanol–water partition coefficient (Wildman–Crippen LogP) is 5.28. The highest BCUT2D eigenvalue weighted by molar-refractivity contribution is 7.16.